The molecule has 2 unspecified atom stereocenters. The molecule has 1 amide bonds. The van der Waals surface area contributed by atoms with E-state index >= 15 is 0 Å². The fourth-order valence-corrected chi connectivity index (χ4v) is 4.22. The lowest BCUT2D eigenvalue weighted by atomic mass is 10.00. The van der Waals surface area contributed by atoms with Gasteiger partial charge in [-0.2, -0.15) is 0 Å². The number of rotatable bonds is 14. The van der Waals surface area contributed by atoms with Gasteiger partial charge in [-0.25, -0.2) is 4.39 Å². The molecule has 6 N–H and O–H groups in total. The molecule has 1 aliphatic heterocycles. The normalized spacial score (nSPS) is 25.5. The van der Waals surface area contributed by atoms with Gasteiger partial charge in [-0.1, -0.05) is 43.7 Å². The first-order valence-electron chi connectivity index (χ1n) is 13.1. The lowest BCUT2D eigenvalue weighted by Crippen LogP contribution is -2.59. The minimum atomic E-state index is -2.02. The highest BCUT2D eigenvalue weighted by atomic mass is 19.1. The van der Waals surface area contributed by atoms with Gasteiger partial charge in [0.2, 0.25) is 5.91 Å². The Morgan fingerprint density at radius 1 is 1.05 bits per heavy atom. The Labute approximate surface area is 227 Å². The Balaban J connectivity index is 1.56. The maximum absolute atomic E-state index is 14.0. The number of ether oxygens (including phenoxy) is 3. The average molecular weight is 552 g/mol. The topological polar surface area (TPSA) is 158 Å². The summed E-state index contributed by atoms with van der Waals surface area (Å²) in [5.74, 6) is 0.941. The molecule has 1 fully saturated rings. The number of aliphatic hydroxyl groups excluding tert-OH is 5. The van der Waals surface area contributed by atoms with Crippen LogP contribution in [0, 0.1) is 0 Å². The van der Waals surface area contributed by atoms with E-state index in [9.17, 15) is 34.7 Å². The monoisotopic (exact) mass is 551 g/mol. The average Bonchev–Trinajstić information content (AvgIpc) is 2.94. The first-order valence-corrected chi connectivity index (χ1v) is 13.1. The minimum absolute atomic E-state index is 0.0728. The van der Waals surface area contributed by atoms with Crippen LogP contribution in [-0.4, -0.2) is 93.7 Å². The second-order valence-corrected chi connectivity index (χ2v) is 9.56. The third kappa shape index (κ3) is 8.94. The number of nitrogens with one attached hydrogen (secondary N) is 1. The molecule has 3 rings (SSSR count). The Hall–Kier alpha value is -2.64. The zero-order valence-electron chi connectivity index (χ0n) is 21.8. The summed E-state index contributed by atoms with van der Waals surface area (Å²) in [6.07, 6.45) is -9.82. The second kappa shape index (κ2) is 15.2. The molecule has 0 bridgehead atoms. The lowest BCUT2D eigenvalue weighted by molar-refractivity contribution is -0.293. The molecule has 0 aliphatic carbocycles. The third-order valence-corrected chi connectivity index (χ3v) is 6.52. The number of alkyl halides is 1. The van der Waals surface area contributed by atoms with Crippen LogP contribution in [0.5, 0.6) is 11.5 Å². The van der Waals surface area contributed by atoms with Gasteiger partial charge < -0.3 is 45.1 Å². The van der Waals surface area contributed by atoms with E-state index < -0.39 is 68.1 Å². The molecule has 2 aromatic carbocycles. The molecule has 8 atom stereocenters. The Morgan fingerprint density at radius 2 is 1.72 bits per heavy atom. The van der Waals surface area contributed by atoms with E-state index in [4.69, 9.17) is 14.2 Å². The highest BCUT2D eigenvalue weighted by Gasteiger charge is 2.45. The summed E-state index contributed by atoms with van der Waals surface area (Å²) in [5.41, 5.74) is 0.883. The summed E-state index contributed by atoms with van der Waals surface area (Å²) in [6.45, 7) is 0.664. The molecule has 0 spiro atoms. The SMILES string of the molecule is CCC[C@@H](O)[C@@H](O)[C@H](CO[C@H]1OC(CO)[C@@H](F)[C@H](O)C1O)NC(=O)CCc1ccc(Oc2ccccc2)cc1. The Kier molecular flexibility index (Phi) is 12.1. The van der Waals surface area contributed by atoms with E-state index in [0.717, 1.165) is 5.56 Å². The highest BCUT2D eigenvalue weighted by Crippen LogP contribution is 2.25. The van der Waals surface area contributed by atoms with E-state index in [2.05, 4.69) is 5.32 Å². The van der Waals surface area contributed by atoms with Crippen LogP contribution >= 0.6 is 0 Å². The molecule has 39 heavy (non-hydrogen) atoms. The predicted octanol–water partition coefficient (Wildman–Crippen LogP) is 1.21. The van der Waals surface area contributed by atoms with Crippen molar-refractivity contribution in [1.82, 2.24) is 5.32 Å². The number of hydrogen-bond donors (Lipinski definition) is 6. The van der Waals surface area contributed by atoms with E-state index in [-0.39, 0.29) is 12.8 Å². The zero-order valence-corrected chi connectivity index (χ0v) is 21.8. The molecule has 11 heteroatoms. The van der Waals surface area contributed by atoms with Crippen molar-refractivity contribution in [2.75, 3.05) is 13.2 Å². The summed E-state index contributed by atoms with van der Waals surface area (Å²) in [6, 6.07) is 15.5. The van der Waals surface area contributed by atoms with Crippen molar-refractivity contribution < 1.29 is 48.9 Å². The largest absolute Gasteiger partial charge is 0.457 e. The van der Waals surface area contributed by atoms with E-state index in [0.29, 0.717) is 24.3 Å². The van der Waals surface area contributed by atoms with E-state index in [1.807, 2.05) is 49.4 Å². The molecule has 2 aromatic rings. The molecule has 1 heterocycles. The quantitative estimate of drug-likeness (QED) is 0.203. The van der Waals surface area contributed by atoms with Crippen molar-refractivity contribution in [2.24, 2.45) is 0 Å². The molecule has 10 nitrogen and oxygen atoms in total. The van der Waals surface area contributed by atoms with Gasteiger partial charge in [-0.15, -0.1) is 0 Å². The van der Waals surface area contributed by atoms with Crippen molar-refractivity contribution in [3.05, 3.63) is 60.2 Å². The Morgan fingerprint density at radius 3 is 2.36 bits per heavy atom. The van der Waals surface area contributed by atoms with Crippen molar-refractivity contribution in [3.63, 3.8) is 0 Å². The summed E-state index contributed by atoms with van der Waals surface area (Å²) in [7, 11) is 0. The van der Waals surface area contributed by atoms with Gasteiger partial charge in [-0.3, -0.25) is 4.79 Å². The van der Waals surface area contributed by atoms with Crippen molar-refractivity contribution in [2.45, 2.75) is 81.6 Å². The second-order valence-electron chi connectivity index (χ2n) is 9.56. The van der Waals surface area contributed by atoms with Crippen LogP contribution < -0.4 is 10.1 Å². The molecule has 216 valence electrons. The Bertz CT molecular complexity index is 994. The number of amides is 1. The third-order valence-electron chi connectivity index (χ3n) is 6.52. The van der Waals surface area contributed by atoms with Crippen LogP contribution in [0.2, 0.25) is 0 Å². The summed E-state index contributed by atoms with van der Waals surface area (Å²) in [5, 5.41) is 53.0. The van der Waals surface area contributed by atoms with Crippen LogP contribution in [0.3, 0.4) is 0 Å². The molecule has 0 saturated carbocycles. The molecule has 1 aliphatic rings. The fourth-order valence-electron chi connectivity index (χ4n) is 4.22. The highest BCUT2D eigenvalue weighted by molar-refractivity contribution is 5.76. The zero-order chi connectivity index (χ0) is 28.4. The van der Waals surface area contributed by atoms with Gasteiger partial charge in [-0.05, 0) is 42.7 Å². The lowest BCUT2D eigenvalue weighted by Gasteiger charge is -2.39. The number of carbonyl (C=O) groups excluding carboxylic acids is 1. The summed E-state index contributed by atoms with van der Waals surface area (Å²) >= 11 is 0. The van der Waals surface area contributed by atoms with Crippen molar-refractivity contribution in [3.8, 4) is 11.5 Å². The number of hydrogen-bond acceptors (Lipinski definition) is 9. The first kappa shape index (κ1) is 30.9. The number of carbonyl (C=O) groups is 1. The molecule has 0 radical (unpaired) electrons. The molecular weight excluding hydrogens is 513 g/mol. The molecule has 1 saturated heterocycles. The summed E-state index contributed by atoms with van der Waals surface area (Å²) in [4.78, 5) is 12.7. The van der Waals surface area contributed by atoms with Gasteiger partial charge in [0.15, 0.2) is 12.5 Å². The standard InChI is InChI=1S/C28H38FNO9/c1-2-6-21(32)25(34)20(16-37-28-27(36)26(35)24(29)22(15-31)39-28)30-23(33)14-11-17-9-12-19(13-10-17)38-18-7-4-3-5-8-18/h3-5,7-10,12-13,20-22,24-28,31-32,34-36H,2,6,11,14-16H2,1H3,(H,30,33)/t20-,21+,22?,24+,25-,26-,27?,28-/m0/s1. The number of halogens is 1. The van der Waals surface area contributed by atoms with Gasteiger partial charge >= 0.3 is 0 Å². The molecular formula is C28H38FNO9. The number of aryl methyl sites for hydroxylation is 1. The van der Waals surface area contributed by atoms with Crippen molar-refractivity contribution in [1.29, 1.82) is 0 Å². The predicted molar refractivity (Wildman–Crippen MR) is 139 cm³/mol. The number of benzene rings is 2. The van der Waals surface area contributed by atoms with Gasteiger partial charge in [0.05, 0.1) is 25.4 Å². The smallest absolute Gasteiger partial charge is 0.220 e. The number of para-hydroxylation sites is 1. The van der Waals surface area contributed by atoms with Crippen LogP contribution in [-0.2, 0) is 20.7 Å². The maximum atomic E-state index is 14.0. The molecule has 0 aromatic heterocycles. The fraction of sp³-hybridized carbons (Fsp3) is 0.536. The van der Waals surface area contributed by atoms with Crippen LogP contribution in [0.4, 0.5) is 4.39 Å². The van der Waals surface area contributed by atoms with Gasteiger partial charge in [0, 0.05) is 6.42 Å². The number of aliphatic hydroxyl groups is 5. The minimum Gasteiger partial charge on any atom is -0.457 e. The van der Waals surface area contributed by atoms with E-state index in [1.54, 1.807) is 12.1 Å². The maximum Gasteiger partial charge on any atom is 0.220 e. The van der Waals surface area contributed by atoms with Crippen LogP contribution in [0.15, 0.2) is 54.6 Å². The van der Waals surface area contributed by atoms with Crippen LogP contribution in [0.1, 0.15) is 31.7 Å². The van der Waals surface area contributed by atoms with Crippen LogP contribution in [0.25, 0.3) is 0 Å². The van der Waals surface area contributed by atoms with Gasteiger partial charge in [0.25, 0.3) is 0 Å². The van der Waals surface area contributed by atoms with Crippen molar-refractivity contribution >= 4 is 5.91 Å². The van der Waals surface area contributed by atoms with Gasteiger partial charge in [0.1, 0.15) is 35.9 Å². The summed E-state index contributed by atoms with van der Waals surface area (Å²) < 4.78 is 30.5. The first-order chi connectivity index (χ1) is 18.7. The van der Waals surface area contributed by atoms with E-state index in [1.165, 1.54) is 0 Å².